The Morgan fingerprint density at radius 3 is 2.77 bits per heavy atom. The van der Waals surface area contributed by atoms with Crippen molar-refractivity contribution in [2.24, 2.45) is 0 Å². The lowest BCUT2D eigenvalue weighted by Gasteiger charge is -2.11. The molecular weight excluding hydrogens is 420 g/mol. The van der Waals surface area contributed by atoms with Gasteiger partial charge in [-0.15, -0.1) is 10.2 Å². The van der Waals surface area contributed by atoms with Gasteiger partial charge in [0.1, 0.15) is 12.4 Å². The molecule has 26 heavy (non-hydrogen) atoms. The molecule has 0 N–H and O–H groups in total. The smallest absolute Gasteiger partial charge is 0.262 e. The van der Waals surface area contributed by atoms with Crippen LogP contribution in [0.4, 0.5) is 0 Å². The highest BCUT2D eigenvalue weighted by Crippen LogP contribution is 2.28. The van der Waals surface area contributed by atoms with Crippen molar-refractivity contribution in [3.05, 3.63) is 68.1 Å². The van der Waals surface area contributed by atoms with Gasteiger partial charge in [-0.2, -0.15) is 0 Å². The van der Waals surface area contributed by atoms with Crippen LogP contribution in [0.3, 0.4) is 0 Å². The largest absolute Gasteiger partial charge is 0.484 e. The van der Waals surface area contributed by atoms with Crippen LogP contribution in [0, 0.1) is 0 Å². The van der Waals surface area contributed by atoms with E-state index in [1.165, 1.54) is 0 Å². The molecule has 0 radical (unpaired) electrons. The van der Waals surface area contributed by atoms with E-state index in [0.29, 0.717) is 34.3 Å². The van der Waals surface area contributed by atoms with E-state index in [-0.39, 0.29) is 12.2 Å². The molecular formula is C18H14BrClN4O2. The number of ether oxygens (including phenoxy) is 1. The van der Waals surface area contributed by atoms with Crippen LogP contribution >= 0.6 is 27.5 Å². The van der Waals surface area contributed by atoms with Crippen molar-refractivity contribution in [3.63, 3.8) is 0 Å². The Bertz CT molecular complexity index is 1190. The third kappa shape index (κ3) is 2.77. The Hall–Kier alpha value is -2.38. The summed E-state index contributed by atoms with van der Waals surface area (Å²) in [6.07, 6.45) is 0. The maximum Gasteiger partial charge on any atom is 0.262 e. The lowest BCUT2D eigenvalue weighted by Crippen LogP contribution is -2.22. The van der Waals surface area contributed by atoms with Gasteiger partial charge in [0.2, 0.25) is 5.78 Å². The number of aryl methyl sites for hydroxylation is 1. The number of aromatic nitrogens is 4. The first-order valence-electron chi connectivity index (χ1n) is 8.03. The van der Waals surface area contributed by atoms with Crippen LogP contribution in [0.2, 0.25) is 5.02 Å². The maximum absolute atomic E-state index is 12.7. The Morgan fingerprint density at radius 2 is 2.00 bits per heavy atom. The standard InChI is InChI=1S/C18H14BrClN4O2/c1-2-23-17(25)12-5-3-4-6-14(12)24-16(21-22-18(23)24)10-26-15-8-7-11(19)9-13(15)20/h3-9H,2,10H2,1H3. The molecule has 4 rings (SSSR count). The minimum absolute atomic E-state index is 0.0774. The molecule has 0 unspecified atom stereocenters. The molecule has 0 fully saturated rings. The fourth-order valence-electron chi connectivity index (χ4n) is 2.93. The molecule has 2 aromatic carbocycles. The van der Waals surface area contributed by atoms with Crippen molar-refractivity contribution in [3.8, 4) is 5.75 Å². The van der Waals surface area contributed by atoms with Crippen LogP contribution < -0.4 is 10.3 Å². The SMILES string of the molecule is CCn1c(=O)c2ccccc2n2c(COc3ccc(Br)cc3Cl)nnc12. The molecule has 2 heterocycles. The molecule has 2 aromatic heterocycles. The highest BCUT2D eigenvalue weighted by atomic mass is 79.9. The van der Waals surface area contributed by atoms with Gasteiger partial charge in [-0.25, -0.2) is 0 Å². The second-order valence-corrected chi connectivity index (χ2v) is 7.00. The Balaban J connectivity index is 1.84. The van der Waals surface area contributed by atoms with Gasteiger partial charge >= 0.3 is 0 Å². The number of hydrogen-bond donors (Lipinski definition) is 0. The van der Waals surface area contributed by atoms with Crippen LogP contribution in [0.15, 0.2) is 51.7 Å². The molecule has 0 aliphatic carbocycles. The summed E-state index contributed by atoms with van der Waals surface area (Å²) in [4.78, 5) is 12.7. The van der Waals surface area contributed by atoms with Gasteiger partial charge in [0.15, 0.2) is 5.82 Å². The molecule has 0 atom stereocenters. The van der Waals surface area contributed by atoms with E-state index in [9.17, 15) is 4.79 Å². The number of fused-ring (bicyclic) bond motifs is 3. The summed E-state index contributed by atoms with van der Waals surface area (Å²) in [5.74, 6) is 1.65. The molecule has 4 aromatic rings. The first kappa shape index (κ1) is 17.1. The van der Waals surface area contributed by atoms with E-state index in [4.69, 9.17) is 16.3 Å². The second kappa shape index (κ2) is 6.74. The van der Waals surface area contributed by atoms with E-state index in [0.717, 1.165) is 9.99 Å². The van der Waals surface area contributed by atoms with Gasteiger partial charge in [0.05, 0.1) is 15.9 Å². The van der Waals surface area contributed by atoms with Gasteiger partial charge in [-0.05, 0) is 37.3 Å². The van der Waals surface area contributed by atoms with E-state index >= 15 is 0 Å². The Morgan fingerprint density at radius 1 is 1.19 bits per heavy atom. The lowest BCUT2D eigenvalue weighted by molar-refractivity contribution is 0.295. The zero-order valence-electron chi connectivity index (χ0n) is 13.8. The predicted molar refractivity (Wildman–Crippen MR) is 104 cm³/mol. The van der Waals surface area contributed by atoms with E-state index in [2.05, 4.69) is 26.1 Å². The summed E-state index contributed by atoms with van der Waals surface area (Å²) in [7, 11) is 0. The fourth-order valence-corrected chi connectivity index (χ4v) is 3.66. The number of halogens is 2. The Labute approximate surface area is 162 Å². The predicted octanol–water partition coefficient (Wildman–Crippen LogP) is 4.06. The first-order valence-corrected chi connectivity index (χ1v) is 9.20. The number of rotatable bonds is 4. The monoisotopic (exact) mass is 432 g/mol. The topological polar surface area (TPSA) is 61.4 Å². The molecule has 0 aliphatic rings. The van der Waals surface area contributed by atoms with Crippen LogP contribution in [-0.2, 0) is 13.2 Å². The lowest BCUT2D eigenvalue weighted by atomic mass is 10.2. The molecule has 8 heteroatoms. The molecule has 0 spiro atoms. The number of benzene rings is 2. The summed E-state index contributed by atoms with van der Waals surface area (Å²) < 4.78 is 10.2. The normalized spacial score (nSPS) is 11.3. The van der Waals surface area contributed by atoms with E-state index in [1.807, 2.05) is 35.6 Å². The molecule has 0 bridgehead atoms. The van der Waals surface area contributed by atoms with Gasteiger partial charge in [-0.3, -0.25) is 13.8 Å². The summed E-state index contributed by atoms with van der Waals surface area (Å²) in [5, 5.41) is 9.56. The molecule has 132 valence electrons. The van der Waals surface area contributed by atoms with Crippen molar-refractivity contribution in [2.75, 3.05) is 0 Å². The highest BCUT2D eigenvalue weighted by Gasteiger charge is 2.16. The Kier molecular flexibility index (Phi) is 4.42. The van der Waals surface area contributed by atoms with E-state index < -0.39 is 0 Å². The van der Waals surface area contributed by atoms with Gasteiger partial charge in [0.25, 0.3) is 5.56 Å². The third-order valence-corrected chi connectivity index (χ3v) is 4.93. The summed E-state index contributed by atoms with van der Waals surface area (Å²) in [6, 6.07) is 12.8. The second-order valence-electron chi connectivity index (χ2n) is 5.68. The third-order valence-electron chi connectivity index (χ3n) is 4.14. The molecule has 0 saturated carbocycles. The van der Waals surface area contributed by atoms with Crippen molar-refractivity contribution >= 4 is 44.2 Å². The average molecular weight is 434 g/mol. The van der Waals surface area contributed by atoms with Crippen LogP contribution in [-0.4, -0.2) is 19.2 Å². The van der Waals surface area contributed by atoms with Gasteiger partial charge in [-0.1, -0.05) is 39.7 Å². The summed E-state index contributed by atoms with van der Waals surface area (Å²) in [6.45, 7) is 2.59. The zero-order chi connectivity index (χ0) is 18.3. The van der Waals surface area contributed by atoms with Crippen molar-refractivity contribution < 1.29 is 4.74 Å². The molecule has 0 aliphatic heterocycles. The van der Waals surface area contributed by atoms with E-state index in [1.54, 1.807) is 22.8 Å². The minimum atomic E-state index is -0.0774. The van der Waals surface area contributed by atoms with Gasteiger partial charge in [0, 0.05) is 11.0 Å². The summed E-state index contributed by atoms with van der Waals surface area (Å²) >= 11 is 9.58. The maximum atomic E-state index is 12.7. The number of hydrogen-bond acceptors (Lipinski definition) is 4. The van der Waals surface area contributed by atoms with Crippen LogP contribution in [0.5, 0.6) is 5.75 Å². The van der Waals surface area contributed by atoms with Crippen LogP contribution in [0.1, 0.15) is 12.7 Å². The van der Waals surface area contributed by atoms with Crippen molar-refractivity contribution in [1.29, 1.82) is 0 Å². The molecule has 0 saturated heterocycles. The summed E-state index contributed by atoms with van der Waals surface area (Å²) in [5.41, 5.74) is 0.675. The van der Waals surface area contributed by atoms with Crippen molar-refractivity contribution in [2.45, 2.75) is 20.1 Å². The zero-order valence-corrected chi connectivity index (χ0v) is 16.2. The number of nitrogens with zero attached hydrogens (tertiary/aromatic N) is 4. The van der Waals surface area contributed by atoms with Gasteiger partial charge < -0.3 is 4.74 Å². The molecule has 6 nitrogen and oxygen atoms in total. The molecule has 0 amide bonds. The minimum Gasteiger partial charge on any atom is -0.484 e. The first-order chi connectivity index (χ1) is 12.6. The quantitative estimate of drug-likeness (QED) is 0.487. The van der Waals surface area contributed by atoms with Crippen LogP contribution in [0.25, 0.3) is 16.7 Å². The average Bonchev–Trinajstić information content (AvgIpc) is 3.05. The fraction of sp³-hybridized carbons (Fsp3) is 0.167. The van der Waals surface area contributed by atoms with Crippen molar-refractivity contribution in [1.82, 2.24) is 19.2 Å². The highest BCUT2D eigenvalue weighted by molar-refractivity contribution is 9.10. The number of para-hydroxylation sites is 1.